The standard InChI is InChI=1S/C13H22N2S3/c1-8-9(2)18-13(7-16-8)12(14-4)5-11-6-17-10(3)15-11/h6,8-9,12-14H,5,7H2,1-4H3. The van der Waals surface area contributed by atoms with E-state index in [9.17, 15) is 0 Å². The third kappa shape index (κ3) is 3.65. The van der Waals surface area contributed by atoms with Gasteiger partial charge in [0.1, 0.15) is 0 Å². The molecule has 2 rings (SSSR count). The van der Waals surface area contributed by atoms with Crippen molar-refractivity contribution >= 4 is 34.9 Å². The molecule has 0 saturated carbocycles. The fourth-order valence-corrected chi connectivity index (χ4v) is 5.96. The fourth-order valence-electron chi connectivity index (χ4n) is 2.17. The van der Waals surface area contributed by atoms with Gasteiger partial charge in [-0.3, -0.25) is 0 Å². The van der Waals surface area contributed by atoms with Crippen LogP contribution in [0.1, 0.15) is 24.5 Å². The van der Waals surface area contributed by atoms with Crippen molar-refractivity contribution in [2.75, 3.05) is 12.8 Å². The molecule has 4 atom stereocenters. The zero-order valence-corrected chi connectivity index (χ0v) is 13.9. The molecule has 0 spiro atoms. The van der Waals surface area contributed by atoms with Crippen LogP contribution in [0.3, 0.4) is 0 Å². The highest BCUT2D eigenvalue weighted by Crippen LogP contribution is 2.37. The van der Waals surface area contributed by atoms with Crippen LogP contribution in [0.25, 0.3) is 0 Å². The van der Waals surface area contributed by atoms with Crippen LogP contribution in [0, 0.1) is 6.92 Å². The van der Waals surface area contributed by atoms with Gasteiger partial charge in [0.15, 0.2) is 0 Å². The van der Waals surface area contributed by atoms with E-state index in [1.54, 1.807) is 11.3 Å². The molecule has 1 aromatic rings. The fraction of sp³-hybridized carbons (Fsp3) is 0.769. The van der Waals surface area contributed by atoms with Gasteiger partial charge < -0.3 is 5.32 Å². The number of nitrogens with zero attached hydrogens (tertiary/aromatic N) is 1. The van der Waals surface area contributed by atoms with E-state index in [-0.39, 0.29) is 0 Å². The smallest absolute Gasteiger partial charge is 0.0897 e. The maximum atomic E-state index is 4.59. The molecular formula is C13H22N2S3. The van der Waals surface area contributed by atoms with Gasteiger partial charge in [-0.2, -0.15) is 23.5 Å². The minimum Gasteiger partial charge on any atom is -0.315 e. The Morgan fingerprint density at radius 2 is 2.22 bits per heavy atom. The summed E-state index contributed by atoms with van der Waals surface area (Å²) in [6.07, 6.45) is 1.06. The number of hydrogen-bond acceptors (Lipinski definition) is 5. The van der Waals surface area contributed by atoms with E-state index in [0.29, 0.717) is 11.3 Å². The second-order valence-electron chi connectivity index (χ2n) is 4.88. The minimum absolute atomic E-state index is 0.541. The molecule has 4 unspecified atom stereocenters. The summed E-state index contributed by atoms with van der Waals surface area (Å²) in [7, 11) is 2.08. The number of likely N-dealkylation sites (N-methyl/N-ethyl adjacent to an activating group) is 1. The Labute approximate surface area is 123 Å². The van der Waals surface area contributed by atoms with Crippen molar-refractivity contribution in [3.05, 3.63) is 16.1 Å². The average molecular weight is 303 g/mol. The summed E-state index contributed by atoms with van der Waals surface area (Å²) >= 11 is 6.01. The maximum absolute atomic E-state index is 4.59. The molecule has 0 aliphatic carbocycles. The lowest BCUT2D eigenvalue weighted by molar-refractivity contribution is 0.549. The molecule has 1 aliphatic rings. The number of thioether (sulfide) groups is 2. The summed E-state index contributed by atoms with van der Waals surface area (Å²) in [5.74, 6) is 1.25. The van der Waals surface area contributed by atoms with E-state index >= 15 is 0 Å². The van der Waals surface area contributed by atoms with Gasteiger partial charge in [-0.05, 0) is 14.0 Å². The summed E-state index contributed by atoms with van der Waals surface area (Å²) in [5, 5.41) is 9.11. The molecule has 1 fully saturated rings. The van der Waals surface area contributed by atoms with Crippen LogP contribution < -0.4 is 5.32 Å². The zero-order valence-electron chi connectivity index (χ0n) is 11.5. The number of hydrogen-bond donors (Lipinski definition) is 1. The predicted molar refractivity (Wildman–Crippen MR) is 86.2 cm³/mol. The molecule has 2 heterocycles. The van der Waals surface area contributed by atoms with Crippen molar-refractivity contribution in [1.29, 1.82) is 0 Å². The van der Waals surface area contributed by atoms with Gasteiger partial charge in [0.2, 0.25) is 0 Å². The molecule has 1 aliphatic heterocycles. The number of rotatable bonds is 4. The Kier molecular flexibility index (Phi) is 5.42. The third-order valence-corrected chi connectivity index (χ3v) is 7.86. The first-order valence-corrected chi connectivity index (χ1v) is 9.32. The number of aromatic nitrogens is 1. The first-order valence-electron chi connectivity index (χ1n) is 6.45. The van der Waals surface area contributed by atoms with Crippen LogP contribution in [0.15, 0.2) is 5.38 Å². The second-order valence-corrected chi connectivity index (χ2v) is 8.97. The van der Waals surface area contributed by atoms with E-state index < -0.39 is 0 Å². The Morgan fingerprint density at radius 3 is 2.78 bits per heavy atom. The molecule has 0 bridgehead atoms. The summed E-state index contributed by atoms with van der Waals surface area (Å²) in [4.78, 5) is 4.59. The molecule has 18 heavy (non-hydrogen) atoms. The Morgan fingerprint density at radius 1 is 1.44 bits per heavy atom. The van der Waals surface area contributed by atoms with Crippen LogP contribution in [0.2, 0.25) is 0 Å². The van der Waals surface area contributed by atoms with E-state index in [1.807, 2.05) is 0 Å². The van der Waals surface area contributed by atoms with Crippen LogP contribution in [0.4, 0.5) is 0 Å². The highest BCUT2D eigenvalue weighted by molar-refractivity contribution is 8.07. The molecular weight excluding hydrogens is 280 g/mol. The van der Waals surface area contributed by atoms with Crippen LogP contribution >= 0.6 is 34.9 Å². The van der Waals surface area contributed by atoms with Crippen LogP contribution in [-0.4, -0.2) is 39.6 Å². The monoisotopic (exact) mass is 302 g/mol. The van der Waals surface area contributed by atoms with Crippen molar-refractivity contribution in [2.24, 2.45) is 0 Å². The molecule has 102 valence electrons. The van der Waals surface area contributed by atoms with Gasteiger partial charge in [0.05, 0.1) is 10.7 Å². The topological polar surface area (TPSA) is 24.9 Å². The van der Waals surface area contributed by atoms with Gasteiger partial charge in [-0.15, -0.1) is 11.3 Å². The lowest BCUT2D eigenvalue weighted by Gasteiger charge is -2.35. The lowest BCUT2D eigenvalue weighted by Crippen LogP contribution is -2.43. The van der Waals surface area contributed by atoms with Crippen LogP contribution in [0.5, 0.6) is 0 Å². The van der Waals surface area contributed by atoms with Gasteiger partial charge in [-0.1, -0.05) is 13.8 Å². The Hall–Kier alpha value is 0.290. The SMILES string of the molecule is CNC(Cc1csc(C)n1)C1CSC(C)C(C)S1. The number of nitrogens with one attached hydrogen (secondary N) is 1. The zero-order chi connectivity index (χ0) is 13.1. The Balaban J connectivity index is 1.96. The van der Waals surface area contributed by atoms with Crippen molar-refractivity contribution in [1.82, 2.24) is 10.3 Å². The molecule has 1 saturated heterocycles. The van der Waals surface area contributed by atoms with Crippen LogP contribution in [-0.2, 0) is 6.42 Å². The van der Waals surface area contributed by atoms with E-state index in [1.165, 1.54) is 16.5 Å². The van der Waals surface area contributed by atoms with Crippen molar-refractivity contribution in [3.8, 4) is 0 Å². The summed E-state index contributed by atoms with van der Waals surface area (Å²) in [6, 6.07) is 0.541. The highest BCUT2D eigenvalue weighted by atomic mass is 32.2. The second kappa shape index (κ2) is 6.64. The molecule has 0 amide bonds. The van der Waals surface area contributed by atoms with Gasteiger partial charge in [0, 0.05) is 39.3 Å². The largest absolute Gasteiger partial charge is 0.315 e. The average Bonchev–Trinajstić information content (AvgIpc) is 2.75. The number of thiazole rings is 1. The normalized spacial score (nSPS) is 30.3. The third-order valence-electron chi connectivity index (χ3n) is 3.49. The lowest BCUT2D eigenvalue weighted by atomic mass is 10.1. The van der Waals surface area contributed by atoms with Crippen molar-refractivity contribution in [3.63, 3.8) is 0 Å². The molecule has 0 radical (unpaired) electrons. The number of aryl methyl sites for hydroxylation is 1. The van der Waals surface area contributed by atoms with Crippen molar-refractivity contribution in [2.45, 2.75) is 49.0 Å². The molecule has 1 aromatic heterocycles. The summed E-state index contributed by atoms with van der Waals surface area (Å²) in [6.45, 7) is 6.78. The minimum atomic E-state index is 0.541. The maximum Gasteiger partial charge on any atom is 0.0897 e. The van der Waals surface area contributed by atoms with Gasteiger partial charge in [-0.25, -0.2) is 4.98 Å². The predicted octanol–water partition coefficient (Wildman–Crippen LogP) is 3.21. The van der Waals surface area contributed by atoms with E-state index in [2.05, 4.69) is 67.0 Å². The summed E-state index contributed by atoms with van der Waals surface area (Å²) in [5.41, 5.74) is 1.24. The van der Waals surface area contributed by atoms with Gasteiger partial charge in [0.25, 0.3) is 0 Å². The molecule has 5 heteroatoms. The van der Waals surface area contributed by atoms with E-state index in [0.717, 1.165) is 16.9 Å². The molecule has 1 N–H and O–H groups in total. The first-order chi connectivity index (χ1) is 8.60. The first kappa shape index (κ1) is 14.7. The van der Waals surface area contributed by atoms with Crippen molar-refractivity contribution < 1.29 is 0 Å². The quantitative estimate of drug-likeness (QED) is 0.923. The summed E-state index contributed by atoms with van der Waals surface area (Å²) < 4.78 is 0. The van der Waals surface area contributed by atoms with Gasteiger partial charge >= 0.3 is 0 Å². The molecule has 2 nitrogen and oxygen atoms in total. The highest BCUT2D eigenvalue weighted by Gasteiger charge is 2.30. The van der Waals surface area contributed by atoms with E-state index in [4.69, 9.17) is 0 Å². The molecule has 0 aromatic carbocycles. The Bertz CT molecular complexity index is 380.